The number of halogens is 1. The second-order valence-corrected chi connectivity index (χ2v) is 6.05. The molecule has 1 atom stereocenters. The zero-order valence-electron chi connectivity index (χ0n) is 11.5. The molecule has 0 aliphatic heterocycles. The van der Waals surface area contributed by atoms with E-state index in [4.69, 9.17) is 4.74 Å². The first kappa shape index (κ1) is 15.2. The standard InChI is InChI=1S/C14H20BrNO2/c1-14(2,13(17)18-5)12(16(3)4)10-6-8-11(15)9-7-10/h6-9,12H,1-5H3. The highest BCUT2D eigenvalue weighted by atomic mass is 79.9. The molecule has 1 unspecified atom stereocenters. The number of methoxy groups -OCH3 is 1. The highest BCUT2D eigenvalue weighted by Crippen LogP contribution is 2.38. The van der Waals surface area contributed by atoms with E-state index in [0.29, 0.717) is 0 Å². The minimum Gasteiger partial charge on any atom is -0.469 e. The predicted octanol–water partition coefficient (Wildman–Crippen LogP) is 3.25. The van der Waals surface area contributed by atoms with Crippen LogP contribution in [0.25, 0.3) is 0 Å². The number of nitrogens with zero attached hydrogens (tertiary/aromatic N) is 1. The summed E-state index contributed by atoms with van der Waals surface area (Å²) in [5.74, 6) is -0.205. The van der Waals surface area contributed by atoms with Crippen LogP contribution in [0, 0.1) is 5.41 Å². The van der Waals surface area contributed by atoms with Gasteiger partial charge in [0.2, 0.25) is 0 Å². The van der Waals surface area contributed by atoms with Crippen LogP contribution in [0.1, 0.15) is 25.5 Å². The SMILES string of the molecule is COC(=O)C(C)(C)C(c1ccc(Br)cc1)N(C)C. The summed E-state index contributed by atoms with van der Waals surface area (Å²) >= 11 is 3.42. The summed E-state index contributed by atoms with van der Waals surface area (Å²) in [6.07, 6.45) is 0. The molecule has 0 saturated carbocycles. The summed E-state index contributed by atoms with van der Waals surface area (Å²) in [5, 5.41) is 0. The van der Waals surface area contributed by atoms with E-state index < -0.39 is 5.41 Å². The van der Waals surface area contributed by atoms with Gasteiger partial charge in [0.25, 0.3) is 0 Å². The molecule has 3 nitrogen and oxygen atoms in total. The van der Waals surface area contributed by atoms with Crippen LogP contribution < -0.4 is 0 Å². The van der Waals surface area contributed by atoms with E-state index in [-0.39, 0.29) is 12.0 Å². The first-order chi connectivity index (χ1) is 8.30. The van der Waals surface area contributed by atoms with Gasteiger partial charge in [-0.25, -0.2) is 0 Å². The summed E-state index contributed by atoms with van der Waals surface area (Å²) < 4.78 is 5.94. The van der Waals surface area contributed by atoms with Gasteiger partial charge in [-0.05, 0) is 45.6 Å². The third kappa shape index (κ3) is 3.12. The van der Waals surface area contributed by atoms with Gasteiger partial charge < -0.3 is 9.64 Å². The van der Waals surface area contributed by atoms with Crippen molar-refractivity contribution in [3.8, 4) is 0 Å². The molecule has 0 amide bonds. The quantitative estimate of drug-likeness (QED) is 0.799. The minimum atomic E-state index is -0.605. The highest BCUT2D eigenvalue weighted by molar-refractivity contribution is 9.10. The third-order valence-corrected chi connectivity index (χ3v) is 3.63. The molecule has 0 heterocycles. The molecule has 0 bridgehead atoms. The molecule has 0 saturated heterocycles. The molecule has 0 aliphatic carbocycles. The van der Waals surface area contributed by atoms with Gasteiger partial charge in [-0.2, -0.15) is 0 Å². The second kappa shape index (κ2) is 5.85. The summed E-state index contributed by atoms with van der Waals surface area (Å²) in [6, 6.07) is 8.00. The fourth-order valence-electron chi connectivity index (χ4n) is 2.38. The Labute approximate surface area is 117 Å². The van der Waals surface area contributed by atoms with Crippen LogP contribution in [0.4, 0.5) is 0 Å². The summed E-state index contributed by atoms with van der Waals surface area (Å²) in [6.45, 7) is 3.82. The Morgan fingerprint density at radius 2 is 1.78 bits per heavy atom. The van der Waals surface area contributed by atoms with Gasteiger partial charge >= 0.3 is 5.97 Å². The Kier molecular flexibility index (Phi) is 4.93. The topological polar surface area (TPSA) is 29.5 Å². The molecule has 4 heteroatoms. The number of ether oxygens (including phenoxy) is 1. The molecular formula is C14H20BrNO2. The molecule has 0 radical (unpaired) electrons. The van der Waals surface area contributed by atoms with Crippen LogP contribution in [0.2, 0.25) is 0 Å². The van der Waals surface area contributed by atoms with Gasteiger partial charge in [-0.3, -0.25) is 4.79 Å². The second-order valence-electron chi connectivity index (χ2n) is 5.13. The average Bonchev–Trinajstić information content (AvgIpc) is 2.30. The molecule has 0 spiro atoms. The lowest BCUT2D eigenvalue weighted by atomic mass is 9.79. The number of hydrogen-bond donors (Lipinski definition) is 0. The molecule has 1 aromatic carbocycles. The normalized spacial score (nSPS) is 13.5. The van der Waals surface area contributed by atoms with Crippen LogP contribution in [0.5, 0.6) is 0 Å². The zero-order chi connectivity index (χ0) is 13.9. The van der Waals surface area contributed by atoms with E-state index in [0.717, 1.165) is 10.0 Å². The Morgan fingerprint density at radius 1 is 1.28 bits per heavy atom. The van der Waals surface area contributed by atoms with Gasteiger partial charge in [0.1, 0.15) is 0 Å². The van der Waals surface area contributed by atoms with Crippen molar-refractivity contribution in [2.45, 2.75) is 19.9 Å². The molecule has 100 valence electrons. The van der Waals surface area contributed by atoms with E-state index in [1.807, 2.05) is 57.1 Å². The molecule has 1 rings (SSSR count). The lowest BCUT2D eigenvalue weighted by molar-refractivity contribution is -0.154. The fraction of sp³-hybridized carbons (Fsp3) is 0.500. The highest BCUT2D eigenvalue weighted by Gasteiger charge is 2.40. The predicted molar refractivity (Wildman–Crippen MR) is 76.4 cm³/mol. The third-order valence-electron chi connectivity index (χ3n) is 3.10. The monoisotopic (exact) mass is 313 g/mol. The van der Waals surface area contributed by atoms with Gasteiger partial charge in [0.05, 0.1) is 12.5 Å². The van der Waals surface area contributed by atoms with E-state index >= 15 is 0 Å². The fourth-order valence-corrected chi connectivity index (χ4v) is 2.64. The number of esters is 1. The van der Waals surface area contributed by atoms with Crippen molar-refractivity contribution in [1.82, 2.24) is 4.90 Å². The van der Waals surface area contributed by atoms with Crippen molar-refractivity contribution in [3.05, 3.63) is 34.3 Å². The van der Waals surface area contributed by atoms with Crippen LogP contribution in [-0.2, 0) is 9.53 Å². The largest absolute Gasteiger partial charge is 0.469 e. The molecule has 0 aliphatic rings. The minimum absolute atomic E-state index is 0.0296. The molecular weight excluding hydrogens is 294 g/mol. The lowest BCUT2D eigenvalue weighted by Gasteiger charge is -2.36. The van der Waals surface area contributed by atoms with Crippen molar-refractivity contribution < 1.29 is 9.53 Å². The summed E-state index contributed by atoms with van der Waals surface area (Å²) in [4.78, 5) is 14.0. The van der Waals surface area contributed by atoms with Crippen LogP contribution >= 0.6 is 15.9 Å². The molecule has 18 heavy (non-hydrogen) atoms. The molecule has 0 fully saturated rings. The maximum atomic E-state index is 12.0. The van der Waals surface area contributed by atoms with Crippen molar-refractivity contribution in [1.29, 1.82) is 0 Å². The number of carbonyl (C=O) groups excluding carboxylic acids is 1. The Morgan fingerprint density at radius 3 is 2.17 bits per heavy atom. The molecule has 0 aromatic heterocycles. The van der Waals surface area contributed by atoms with Crippen molar-refractivity contribution >= 4 is 21.9 Å². The Bertz CT molecular complexity index is 412. The summed E-state index contributed by atoms with van der Waals surface area (Å²) in [5.41, 5.74) is 0.491. The van der Waals surface area contributed by atoms with Crippen LogP contribution in [0.15, 0.2) is 28.7 Å². The van der Waals surface area contributed by atoms with Gasteiger partial charge in [-0.15, -0.1) is 0 Å². The van der Waals surface area contributed by atoms with Crippen LogP contribution in [-0.4, -0.2) is 32.1 Å². The number of rotatable bonds is 4. The Balaban J connectivity index is 3.18. The van der Waals surface area contributed by atoms with E-state index in [9.17, 15) is 4.79 Å². The average molecular weight is 314 g/mol. The van der Waals surface area contributed by atoms with Crippen molar-refractivity contribution in [3.63, 3.8) is 0 Å². The van der Waals surface area contributed by atoms with Gasteiger partial charge in [-0.1, -0.05) is 28.1 Å². The smallest absolute Gasteiger partial charge is 0.313 e. The van der Waals surface area contributed by atoms with Crippen molar-refractivity contribution in [2.24, 2.45) is 5.41 Å². The van der Waals surface area contributed by atoms with Gasteiger partial charge in [0, 0.05) is 10.5 Å². The first-order valence-electron chi connectivity index (χ1n) is 5.81. The Hall–Kier alpha value is -0.870. The zero-order valence-corrected chi connectivity index (χ0v) is 13.1. The number of benzene rings is 1. The maximum absolute atomic E-state index is 12.0. The molecule has 1 aromatic rings. The maximum Gasteiger partial charge on any atom is 0.313 e. The lowest BCUT2D eigenvalue weighted by Crippen LogP contribution is -2.40. The molecule has 0 N–H and O–H groups in total. The van der Waals surface area contributed by atoms with Crippen molar-refractivity contribution in [2.75, 3.05) is 21.2 Å². The van der Waals surface area contributed by atoms with E-state index in [2.05, 4.69) is 15.9 Å². The van der Waals surface area contributed by atoms with E-state index in [1.54, 1.807) is 0 Å². The summed E-state index contributed by atoms with van der Waals surface area (Å²) in [7, 11) is 5.37. The first-order valence-corrected chi connectivity index (χ1v) is 6.60. The van der Waals surface area contributed by atoms with Crippen LogP contribution in [0.3, 0.4) is 0 Å². The number of hydrogen-bond acceptors (Lipinski definition) is 3. The van der Waals surface area contributed by atoms with E-state index in [1.165, 1.54) is 7.11 Å². The number of carbonyl (C=O) groups is 1. The van der Waals surface area contributed by atoms with Gasteiger partial charge in [0.15, 0.2) is 0 Å².